The van der Waals surface area contributed by atoms with Gasteiger partial charge in [0.15, 0.2) is 0 Å². The second-order valence-corrected chi connectivity index (χ2v) is 5.89. The summed E-state index contributed by atoms with van der Waals surface area (Å²) in [5.74, 6) is 0.948. The third kappa shape index (κ3) is 4.62. The van der Waals surface area contributed by atoms with E-state index in [0.717, 1.165) is 11.3 Å². The topological polar surface area (TPSA) is 99.9 Å². The zero-order valence-electron chi connectivity index (χ0n) is 15.3. The molecule has 0 bridgehead atoms. The Kier molecular flexibility index (Phi) is 6.16. The highest BCUT2D eigenvalue weighted by Crippen LogP contribution is 2.18. The molecular weight excluding hydrogens is 354 g/mol. The van der Waals surface area contributed by atoms with Crippen LogP contribution in [0, 0.1) is 11.3 Å². The van der Waals surface area contributed by atoms with E-state index in [1.54, 1.807) is 25.3 Å². The molecule has 0 unspecified atom stereocenters. The predicted molar refractivity (Wildman–Crippen MR) is 106 cm³/mol. The zero-order chi connectivity index (χ0) is 19.8. The molecule has 28 heavy (non-hydrogen) atoms. The van der Waals surface area contributed by atoms with Gasteiger partial charge in [0.05, 0.1) is 30.8 Å². The second-order valence-electron chi connectivity index (χ2n) is 5.89. The van der Waals surface area contributed by atoms with E-state index in [2.05, 4.69) is 26.7 Å². The number of aromatic nitrogens is 2. The van der Waals surface area contributed by atoms with Gasteiger partial charge in [-0.15, -0.1) is 0 Å². The van der Waals surface area contributed by atoms with E-state index in [1.165, 1.54) is 12.4 Å². The van der Waals surface area contributed by atoms with Crippen molar-refractivity contribution in [2.75, 3.05) is 19.0 Å². The highest BCUT2D eigenvalue weighted by Gasteiger charge is 2.09. The normalized spacial score (nSPS) is 10.0. The third-order valence-electron chi connectivity index (χ3n) is 4.07. The van der Waals surface area contributed by atoms with E-state index in [9.17, 15) is 4.79 Å². The maximum absolute atomic E-state index is 12.3. The lowest BCUT2D eigenvalue weighted by Crippen LogP contribution is -2.26. The summed E-state index contributed by atoms with van der Waals surface area (Å²) >= 11 is 0. The molecule has 2 aromatic carbocycles. The quantitative estimate of drug-likeness (QED) is 0.660. The summed E-state index contributed by atoms with van der Waals surface area (Å²) in [4.78, 5) is 20.6. The average Bonchev–Trinajstić information content (AvgIpc) is 2.75. The molecule has 1 heterocycles. The molecule has 1 amide bonds. The van der Waals surface area contributed by atoms with Gasteiger partial charge < -0.3 is 15.4 Å². The highest BCUT2D eigenvalue weighted by atomic mass is 16.5. The Balaban J connectivity index is 1.57. The maximum atomic E-state index is 12.3. The van der Waals surface area contributed by atoms with E-state index in [4.69, 9.17) is 10.00 Å². The van der Waals surface area contributed by atoms with Crippen LogP contribution in [0.4, 0.5) is 11.5 Å². The van der Waals surface area contributed by atoms with E-state index < -0.39 is 0 Å². The van der Waals surface area contributed by atoms with Crippen LogP contribution in [0.25, 0.3) is 0 Å². The number of amides is 1. The number of hydrogen-bond acceptors (Lipinski definition) is 6. The van der Waals surface area contributed by atoms with Crippen LogP contribution in [0.1, 0.15) is 21.6 Å². The molecule has 0 fully saturated rings. The second kappa shape index (κ2) is 9.14. The molecule has 0 aliphatic carbocycles. The number of methoxy groups -OCH3 is 1. The van der Waals surface area contributed by atoms with Gasteiger partial charge in [0.1, 0.15) is 23.3 Å². The van der Waals surface area contributed by atoms with Crippen LogP contribution in [0.5, 0.6) is 5.75 Å². The van der Waals surface area contributed by atoms with Crippen LogP contribution >= 0.6 is 0 Å². The first-order chi connectivity index (χ1) is 13.7. The van der Waals surface area contributed by atoms with Crippen molar-refractivity contribution in [2.45, 2.75) is 6.42 Å². The van der Waals surface area contributed by atoms with Crippen molar-refractivity contribution >= 4 is 17.4 Å². The fraction of sp³-hybridized carbons (Fsp3) is 0.143. The molecular formula is C21H19N5O2. The summed E-state index contributed by atoms with van der Waals surface area (Å²) in [6.07, 6.45) is 3.51. The smallest absolute Gasteiger partial charge is 0.271 e. The molecule has 0 spiro atoms. The molecule has 1 aromatic heterocycles. The number of rotatable bonds is 7. The highest BCUT2D eigenvalue weighted by molar-refractivity contribution is 5.92. The fourth-order valence-corrected chi connectivity index (χ4v) is 2.65. The molecule has 0 atom stereocenters. The summed E-state index contributed by atoms with van der Waals surface area (Å²) in [6.45, 7) is 0.455. The number of anilines is 2. The molecule has 0 aliphatic heterocycles. The molecule has 0 aliphatic rings. The van der Waals surface area contributed by atoms with Gasteiger partial charge >= 0.3 is 0 Å². The number of hydrogen-bond donors (Lipinski definition) is 2. The van der Waals surface area contributed by atoms with Crippen molar-refractivity contribution in [3.8, 4) is 11.8 Å². The van der Waals surface area contributed by atoms with E-state index in [-0.39, 0.29) is 11.6 Å². The number of ether oxygens (including phenoxy) is 1. The Morgan fingerprint density at radius 1 is 1.11 bits per heavy atom. The maximum Gasteiger partial charge on any atom is 0.271 e. The first kappa shape index (κ1) is 18.9. The number of benzene rings is 2. The Labute approximate surface area is 163 Å². The Morgan fingerprint density at radius 2 is 1.89 bits per heavy atom. The average molecular weight is 373 g/mol. The molecule has 0 saturated carbocycles. The summed E-state index contributed by atoms with van der Waals surface area (Å²) < 4.78 is 5.30. The van der Waals surface area contributed by atoms with E-state index in [1.807, 2.05) is 30.3 Å². The summed E-state index contributed by atoms with van der Waals surface area (Å²) in [5, 5.41) is 15.0. The van der Waals surface area contributed by atoms with Crippen LogP contribution in [0.2, 0.25) is 0 Å². The van der Waals surface area contributed by atoms with Crippen LogP contribution < -0.4 is 15.4 Å². The molecule has 140 valence electrons. The largest absolute Gasteiger partial charge is 0.496 e. The van der Waals surface area contributed by atoms with Crippen LogP contribution in [-0.4, -0.2) is 29.5 Å². The van der Waals surface area contributed by atoms with Gasteiger partial charge in [-0.05, 0) is 30.2 Å². The molecule has 2 N–H and O–H groups in total. The minimum atomic E-state index is -0.300. The van der Waals surface area contributed by atoms with Gasteiger partial charge in [-0.25, -0.2) is 9.97 Å². The van der Waals surface area contributed by atoms with Gasteiger partial charge in [-0.2, -0.15) is 5.26 Å². The molecule has 0 radical (unpaired) electrons. The van der Waals surface area contributed by atoms with Crippen molar-refractivity contribution < 1.29 is 9.53 Å². The lowest BCUT2D eigenvalue weighted by Gasteiger charge is -2.09. The van der Waals surface area contributed by atoms with Crippen molar-refractivity contribution in [2.24, 2.45) is 0 Å². The van der Waals surface area contributed by atoms with Crippen molar-refractivity contribution in [3.63, 3.8) is 0 Å². The van der Waals surface area contributed by atoms with Gasteiger partial charge in [-0.3, -0.25) is 4.79 Å². The van der Waals surface area contributed by atoms with Crippen molar-refractivity contribution in [1.29, 1.82) is 5.26 Å². The predicted octanol–water partition coefficient (Wildman–Crippen LogP) is 3.07. The minimum absolute atomic E-state index is 0.221. The van der Waals surface area contributed by atoms with Gasteiger partial charge in [0, 0.05) is 6.54 Å². The number of para-hydroxylation sites is 2. The van der Waals surface area contributed by atoms with Gasteiger partial charge in [0.2, 0.25) is 0 Å². The lowest BCUT2D eigenvalue weighted by atomic mass is 10.1. The number of carbonyl (C=O) groups is 1. The SMILES string of the molecule is COc1ccccc1CCNC(=O)c1cnc(Nc2ccccc2C#N)cn1. The molecule has 0 saturated heterocycles. The summed E-state index contributed by atoms with van der Waals surface area (Å²) in [5.41, 5.74) is 2.38. The molecule has 7 nitrogen and oxygen atoms in total. The Morgan fingerprint density at radius 3 is 2.64 bits per heavy atom. The van der Waals surface area contributed by atoms with Crippen molar-refractivity contribution in [3.05, 3.63) is 77.7 Å². The fourth-order valence-electron chi connectivity index (χ4n) is 2.65. The van der Waals surface area contributed by atoms with Crippen LogP contribution in [-0.2, 0) is 6.42 Å². The van der Waals surface area contributed by atoms with Gasteiger partial charge in [-0.1, -0.05) is 30.3 Å². The van der Waals surface area contributed by atoms with Crippen molar-refractivity contribution in [1.82, 2.24) is 15.3 Å². The monoisotopic (exact) mass is 373 g/mol. The molecule has 3 rings (SSSR count). The number of nitriles is 1. The van der Waals surface area contributed by atoms with Crippen LogP contribution in [0.3, 0.4) is 0 Å². The molecule has 7 heteroatoms. The summed E-state index contributed by atoms with van der Waals surface area (Å²) in [6, 6.07) is 16.9. The lowest BCUT2D eigenvalue weighted by molar-refractivity contribution is 0.0948. The van der Waals surface area contributed by atoms with Crippen LogP contribution in [0.15, 0.2) is 60.9 Å². The first-order valence-electron chi connectivity index (χ1n) is 8.69. The van der Waals surface area contributed by atoms with E-state index in [0.29, 0.717) is 30.0 Å². The summed E-state index contributed by atoms with van der Waals surface area (Å²) in [7, 11) is 1.62. The first-order valence-corrected chi connectivity index (χ1v) is 8.69. The number of nitrogens with zero attached hydrogens (tertiary/aromatic N) is 3. The van der Waals surface area contributed by atoms with Gasteiger partial charge in [0.25, 0.3) is 5.91 Å². The Bertz CT molecular complexity index is 996. The van der Waals surface area contributed by atoms with E-state index >= 15 is 0 Å². The number of carbonyl (C=O) groups excluding carboxylic acids is 1. The minimum Gasteiger partial charge on any atom is -0.496 e. The standard InChI is InChI=1S/C21H19N5O2/c1-28-19-9-5-3-6-15(19)10-11-23-21(27)18-13-25-20(14-24-18)26-17-8-4-2-7-16(17)12-22/h2-9,13-14H,10-11H2,1H3,(H,23,27)(H,25,26). The Hall–Kier alpha value is -3.92. The molecule has 3 aromatic rings. The third-order valence-corrected chi connectivity index (χ3v) is 4.07. The zero-order valence-corrected chi connectivity index (χ0v) is 15.3. The number of nitrogens with one attached hydrogen (secondary N) is 2.